The molecule has 0 bridgehead atoms. The van der Waals surface area contributed by atoms with Crippen molar-refractivity contribution in [1.29, 1.82) is 0 Å². The molecule has 0 spiro atoms. The van der Waals surface area contributed by atoms with Crippen molar-refractivity contribution in [2.45, 2.75) is 18.0 Å². The molecule has 1 aromatic heterocycles. The molecule has 1 unspecified atom stereocenters. The summed E-state index contributed by atoms with van der Waals surface area (Å²) in [5, 5.41) is 6.77. The van der Waals surface area contributed by atoms with E-state index in [1.54, 1.807) is 7.05 Å². The van der Waals surface area contributed by atoms with Crippen LogP contribution in [0.4, 0.5) is 0 Å². The van der Waals surface area contributed by atoms with E-state index in [4.69, 9.17) is 0 Å². The van der Waals surface area contributed by atoms with E-state index in [1.807, 2.05) is 6.92 Å². The third-order valence-corrected chi connectivity index (χ3v) is 4.81. The van der Waals surface area contributed by atoms with Crippen LogP contribution in [0.3, 0.4) is 0 Å². The fourth-order valence-electron chi connectivity index (χ4n) is 0.876. The van der Waals surface area contributed by atoms with Crippen LogP contribution in [0.15, 0.2) is 17.3 Å². The minimum Gasteiger partial charge on any atom is -0.266 e. The van der Waals surface area contributed by atoms with Gasteiger partial charge in [0, 0.05) is 18.4 Å². The summed E-state index contributed by atoms with van der Waals surface area (Å²) >= 11 is 3.24. The van der Waals surface area contributed by atoms with Crippen molar-refractivity contribution in [1.82, 2.24) is 14.5 Å². The van der Waals surface area contributed by atoms with Gasteiger partial charge in [-0.2, -0.15) is 9.40 Å². The number of rotatable bonds is 4. The highest BCUT2D eigenvalue weighted by Crippen LogP contribution is 2.14. The summed E-state index contributed by atoms with van der Waals surface area (Å²) in [6.45, 7) is 1.82. The standard InChI is InChI=1S/C7H12BrN3O2S/c1-6(5-8)11(2)14(12,13)7-3-4-9-10-7/h3-4,6H,5H2,1-2H3,(H,9,10). The summed E-state index contributed by atoms with van der Waals surface area (Å²) in [5.74, 6) is 0. The lowest BCUT2D eigenvalue weighted by atomic mass is 10.4. The zero-order valence-corrected chi connectivity index (χ0v) is 10.3. The van der Waals surface area contributed by atoms with Crippen molar-refractivity contribution in [3.8, 4) is 0 Å². The monoisotopic (exact) mass is 281 g/mol. The number of halogens is 1. The van der Waals surface area contributed by atoms with Gasteiger partial charge < -0.3 is 0 Å². The Morgan fingerprint density at radius 2 is 2.36 bits per heavy atom. The number of aromatic amines is 1. The van der Waals surface area contributed by atoms with Gasteiger partial charge in [0.2, 0.25) is 0 Å². The Hall–Kier alpha value is -0.400. The first kappa shape index (κ1) is 11.7. The maximum absolute atomic E-state index is 11.8. The van der Waals surface area contributed by atoms with Crippen LogP contribution >= 0.6 is 15.9 Å². The maximum atomic E-state index is 11.8. The molecular weight excluding hydrogens is 270 g/mol. The Morgan fingerprint density at radius 3 is 2.79 bits per heavy atom. The summed E-state index contributed by atoms with van der Waals surface area (Å²) in [6.07, 6.45) is 1.42. The summed E-state index contributed by atoms with van der Waals surface area (Å²) in [6, 6.07) is 1.34. The molecule has 0 saturated carbocycles. The molecule has 14 heavy (non-hydrogen) atoms. The molecule has 0 radical (unpaired) electrons. The van der Waals surface area contributed by atoms with Crippen LogP contribution in [0.5, 0.6) is 0 Å². The van der Waals surface area contributed by atoms with Crippen molar-refractivity contribution >= 4 is 26.0 Å². The molecule has 1 atom stereocenters. The molecule has 1 aromatic rings. The molecule has 0 aliphatic rings. The first-order valence-electron chi connectivity index (χ1n) is 4.03. The summed E-state index contributed by atoms with van der Waals surface area (Å²) in [7, 11) is -1.88. The van der Waals surface area contributed by atoms with E-state index in [9.17, 15) is 8.42 Å². The molecule has 0 fully saturated rings. The number of nitrogens with one attached hydrogen (secondary N) is 1. The Kier molecular flexibility index (Phi) is 3.68. The highest BCUT2D eigenvalue weighted by atomic mass is 79.9. The molecule has 5 nitrogen and oxygen atoms in total. The van der Waals surface area contributed by atoms with Crippen LogP contribution < -0.4 is 0 Å². The smallest absolute Gasteiger partial charge is 0.259 e. The lowest BCUT2D eigenvalue weighted by molar-refractivity contribution is 0.414. The lowest BCUT2D eigenvalue weighted by Gasteiger charge is -2.21. The average Bonchev–Trinajstić information content (AvgIpc) is 2.68. The largest absolute Gasteiger partial charge is 0.266 e. The first-order valence-corrected chi connectivity index (χ1v) is 6.59. The van der Waals surface area contributed by atoms with Crippen molar-refractivity contribution in [2.75, 3.05) is 12.4 Å². The normalized spacial score (nSPS) is 14.6. The number of nitrogens with zero attached hydrogens (tertiary/aromatic N) is 2. The van der Waals surface area contributed by atoms with Crippen LogP contribution in [0.1, 0.15) is 6.92 Å². The van der Waals surface area contributed by atoms with Crippen LogP contribution in [-0.4, -0.2) is 41.3 Å². The van der Waals surface area contributed by atoms with Crippen LogP contribution in [0.2, 0.25) is 0 Å². The quantitative estimate of drug-likeness (QED) is 0.831. The second kappa shape index (κ2) is 4.41. The van der Waals surface area contributed by atoms with Crippen molar-refractivity contribution < 1.29 is 8.42 Å². The molecule has 0 aromatic carbocycles. The zero-order chi connectivity index (χ0) is 10.8. The van der Waals surface area contributed by atoms with Gasteiger partial charge in [-0.25, -0.2) is 8.42 Å². The Balaban J connectivity index is 2.97. The fraction of sp³-hybridized carbons (Fsp3) is 0.571. The molecule has 0 aliphatic carbocycles. The minimum atomic E-state index is -3.42. The van der Waals surface area contributed by atoms with E-state index < -0.39 is 10.0 Å². The molecule has 80 valence electrons. The van der Waals surface area contributed by atoms with E-state index in [-0.39, 0.29) is 11.1 Å². The maximum Gasteiger partial charge on any atom is 0.259 e. The van der Waals surface area contributed by atoms with Gasteiger partial charge in [-0.3, -0.25) is 5.10 Å². The summed E-state index contributed by atoms with van der Waals surface area (Å²) in [4.78, 5) is 0. The Labute approximate surface area is 91.7 Å². The van der Waals surface area contributed by atoms with Gasteiger partial charge in [0.1, 0.15) is 0 Å². The van der Waals surface area contributed by atoms with Crippen LogP contribution in [0, 0.1) is 0 Å². The third kappa shape index (κ3) is 2.15. The first-order chi connectivity index (χ1) is 6.50. The minimum absolute atomic E-state index is 0.0942. The van der Waals surface area contributed by atoms with Gasteiger partial charge in [-0.15, -0.1) is 0 Å². The third-order valence-electron chi connectivity index (χ3n) is 1.98. The van der Waals surface area contributed by atoms with Crippen LogP contribution in [-0.2, 0) is 10.0 Å². The number of hydrogen-bond donors (Lipinski definition) is 1. The number of alkyl halides is 1. The topological polar surface area (TPSA) is 66.1 Å². The predicted molar refractivity (Wildman–Crippen MR) is 56.8 cm³/mol. The number of aromatic nitrogens is 2. The molecule has 0 aliphatic heterocycles. The second-order valence-corrected chi connectivity index (χ2v) is 5.56. The van der Waals surface area contributed by atoms with Crippen molar-refractivity contribution in [2.24, 2.45) is 0 Å². The Bertz CT molecular complexity index is 376. The van der Waals surface area contributed by atoms with Crippen molar-refractivity contribution in [3.05, 3.63) is 12.3 Å². The second-order valence-electron chi connectivity index (χ2n) is 2.95. The van der Waals surface area contributed by atoms with Crippen molar-refractivity contribution in [3.63, 3.8) is 0 Å². The van der Waals surface area contributed by atoms with E-state index in [2.05, 4.69) is 26.1 Å². The van der Waals surface area contributed by atoms with Gasteiger partial charge in [0.05, 0.1) is 6.20 Å². The Morgan fingerprint density at radius 1 is 1.71 bits per heavy atom. The van der Waals surface area contributed by atoms with E-state index in [1.165, 1.54) is 16.6 Å². The zero-order valence-electron chi connectivity index (χ0n) is 7.94. The molecule has 0 amide bonds. The molecule has 0 saturated heterocycles. The van der Waals surface area contributed by atoms with E-state index in [0.717, 1.165) is 0 Å². The van der Waals surface area contributed by atoms with E-state index in [0.29, 0.717) is 5.33 Å². The number of sulfonamides is 1. The lowest BCUT2D eigenvalue weighted by Crippen LogP contribution is -2.36. The molecule has 1 N–H and O–H groups in total. The van der Waals surface area contributed by atoms with Gasteiger partial charge in [0.25, 0.3) is 10.0 Å². The molecule has 1 heterocycles. The van der Waals surface area contributed by atoms with Gasteiger partial charge in [-0.05, 0) is 13.0 Å². The van der Waals surface area contributed by atoms with Gasteiger partial charge in [-0.1, -0.05) is 15.9 Å². The predicted octanol–water partition coefficient (Wildman–Crippen LogP) is 0.814. The number of H-pyrrole nitrogens is 1. The fourth-order valence-corrected chi connectivity index (χ4v) is 2.76. The average molecular weight is 282 g/mol. The molecule has 1 rings (SSSR count). The van der Waals surface area contributed by atoms with Crippen LogP contribution in [0.25, 0.3) is 0 Å². The van der Waals surface area contributed by atoms with Gasteiger partial charge in [0.15, 0.2) is 5.03 Å². The number of hydrogen-bond acceptors (Lipinski definition) is 3. The molecular formula is C7H12BrN3O2S. The highest BCUT2D eigenvalue weighted by Gasteiger charge is 2.25. The summed E-state index contributed by atoms with van der Waals surface area (Å²) < 4.78 is 25.0. The van der Waals surface area contributed by atoms with Gasteiger partial charge >= 0.3 is 0 Å². The SMILES string of the molecule is CC(CBr)N(C)S(=O)(=O)c1ccn[nH]1. The highest BCUT2D eigenvalue weighted by molar-refractivity contribution is 9.09. The molecule has 7 heteroatoms. The van der Waals surface area contributed by atoms with E-state index >= 15 is 0 Å². The summed E-state index contributed by atoms with van der Waals surface area (Å²) in [5.41, 5.74) is 0.